The summed E-state index contributed by atoms with van der Waals surface area (Å²) < 4.78 is 46.5. The van der Waals surface area contributed by atoms with Crippen LogP contribution in [0.15, 0.2) is 121 Å². The average molecular weight is 906 g/mol. The van der Waals surface area contributed by atoms with E-state index < -0.39 is 20.9 Å². The molecule has 0 radical (unpaired) electrons. The third-order valence-corrected chi connectivity index (χ3v) is 14.5. The van der Waals surface area contributed by atoms with Gasteiger partial charge in [-0.25, -0.2) is 12.7 Å². The Labute approximate surface area is 387 Å². The molecule has 0 spiro atoms. The lowest BCUT2D eigenvalue weighted by Gasteiger charge is -2.18. The van der Waals surface area contributed by atoms with Crippen molar-refractivity contribution in [1.82, 2.24) is 4.31 Å². The molecule has 66 heavy (non-hydrogen) atoms. The molecule has 2 aliphatic carbocycles. The fourth-order valence-electron chi connectivity index (χ4n) is 8.76. The molecule has 6 aromatic carbocycles. The van der Waals surface area contributed by atoms with Crippen LogP contribution in [-0.2, 0) is 43.4 Å². The molecule has 0 saturated heterocycles. The quantitative estimate of drug-likeness (QED) is 0.117. The van der Waals surface area contributed by atoms with Gasteiger partial charge in [-0.15, -0.1) is 0 Å². The summed E-state index contributed by atoms with van der Waals surface area (Å²) >= 11 is 0. The highest BCUT2D eigenvalue weighted by atomic mass is 32.2. The summed E-state index contributed by atoms with van der Waals surface area (Å²) in [6.07, 6.45) is 6.71. The molecule has 11 nitrogen and oxygen atoms in total. The van der Waals surface area contributed by atoms with Gasteiger partial charge in [0.25, 0.3) is 0 Å². The molecule has 4 aliphatic rings. The molecule has 12 heteroatoms. The van der Waals surface area contributed by atoms with Gasteiger partial charge in [-0.05, 0) is 150 Å². The molecule has 0 aromatic heterocycles. The molecule has 2 fully saturated rings. The van der Waals surface area contributed by atoms with Gasteiger partial charge in [0.15, 0.2) is 23.0 Å². The molecule has 0 unspecified atom stereocenters. The molecule has 6 aromatic rings. The van der Waals surface area contributed by atoms with Crippen molar-refractivity contribution < 1.29 is 37.0 Å². The zero-order chi connectivity index (χ0) is 46.2. The third-order valence-electron chi connectivity index (χ3n) is 13.3. The Kier molecular flexibility index (Phi) is 12.1. The number of hydrogen-bond donors (Lipinski definition) is 2. The van der Waals surface area contributed by atoms with E-state index in [2.05, 4.69) is 60.9 Å². The van der Waals surface area contributed by atoms with Crippen molar-refractivity contribution in [2.45, 2.75) is 76.7 Å². The lowest BCUT2D eigenvalue weighted by Crippen LogP contribution is -2.27. The summed E-state index contributed by atoms with van der Waals surface area (Å²) in [4.78, 5) is 26.6. The maximum atomic E-state index is 13.3. The SMILES string of the molecule is CCCc1ccc(-c2cc(NC(=O)C3(c4ccc5c(c4)OCO5)CC3)ccc2C)cc1.Cc1ccc(NC(=O)C2(c3ccc4c(c3)OCO4)CC2)cc1-c1ccc(CN(C)S(C)(=O)=O)cc1. The maximum Gasteiger partial charge on any atom is 0.235 e. The van der Waals surface area contributed by atoms with Crippen LogP contribution in [0.4, 0.5) is 11.4 Å². The maximum absolute atomic E-state index is 13.3. The first-order valence-electron chi connectivity index (χ1n) is 22.5. The summed E-state index contributed by atoms with van der Waals surface area (Å²) in [7, 11) is -1.67. The molecule has 2 saturated carbocycles. The number of carbonyl (C=O) groups is 2. The van der Waals surface area contributed by atoms with Crippen molar-refractivity contribution in [1.29, 1.82) is 0 Å². The standard InChI is InChI=1S/C27H28N2O5S.C27H27NO3/c1-18-4-10-22(15-23(18)20-7-5-19(6-8-20)16-29(2)35(3,31)32)28-26(30)27(12-13-27)21-9-11-24-25(14-21)34-17-33-24;1-3-4-19-6-8-20(9-7-19)23-16-22(11-5-18(23)2)28-26(29)27(13-14-27)21-10-12-24-25(15-21)31-17-30-24/h4-11,14-15H,12-13,16-17H2,1-3H3,(H,28,30);5-12,15-16H,3-4,13-14,17H2,1-2H3,(H,28,29). The van der Waals surface area contributed by atoms with E-state index >= 15 is 0 Å². The Morgan fingerprint density at radius 3 is 1.41 bits per heavy atom. The van der Waals surface area contributed by atoms with Crippen molar-refractivity contribution in [3.05, 3.63) is 155 Å². The number of benzene rings is 6. The highest BCUT2D eigenvalue weighted by molar-refractivity contribution is 7.88. The van der Waals surface area contributed by atoms with Crippen molar-refractivity contribution >= 4 is 33.2 Å². The highest BCUT2D eigenvalue weighted by Crippen LogP contribution is 2.52. The van der Waals surface area contributed by atoms with E-state index in [0.717, 1.165) is 100 Å². The number of anilines is 2. The van der Waals surface area contributed by atoms with Crippen molar-refractivity contribution in [3.8, 4) is 45.3 Å². The van der Waals surface area contributed by atoms with Gasteiger partial charge in [0.05, 0.1) is 17.1 Å². The molecule has 2 N–H and O–H groups in total. The molecule has 340 valence electrons. The van der Waals surface area contributed by atoms with E-state index in [4.69, 9.17) is 18.9 Å². The largest absolute Gasteiger partial charge is 0.454 e. The van der Waals surface area contributed by atoms with Crippen molar-refractivity contribution in [3.63, 3.8) is 0 Å². The second kappa shape index (κ2) is 18.0. The zero-order valence-corrected chi connectivity index (χ0v) is 38.8. The summed E-state index contributed by atoms with van der Waals surface area (Å²) in [5.74, 6) is 2.88. The van der Waals surface area contributed by atoms with Crippen LogP contribution in [-0.4, -0.2) is 51.4 Å². The van der Waals surface area contributed by atoms with Crippen molar-refractivity contribution in [2.24, 2.45) is 0 Å². The predicted octanol–water partition coefficient (Wildman–Crippen LogP) is 10.5. The predicted molar refractivity (Wildman–Crippen MR) is 258 cm³/mol. The molecule has 0 bridgehead atoms. The second-order valence-corrected chi connectivity index (χ2v) is 20.0. The number of sulfonamides is 1. The Hall–Kier alpha value is -6.63. The molecule has 2 amide bonds. The molecular formula is C54H55N3O8S. The van der Waals surface area contributed by atoms with E-state index in [1.807, 2.05) is 91.9 Å². The van der Waals surface area contributed by atoms with Crippen LogP contribution < -0.4 is 29.6 Å². The average Bonchev–Trinajstić information content (AvgIpc) is 4.21. The monoisotopic (exact) mass is 905 g/mol. The van der Waals surface area contributed by atoms with Gasteiger partial charge in [-0.1, -0.05) is 86.1 Å². The summed E-state index contributed by atoms with van der Waals surface area (Å²) in [5.41, 5.74) is 11.4. The number of nitrogens with zero attached hydrogens (tertiary/aromatic N) is 1. The fourth-order valence-corrected chi connectivity index (χ4v) is 9.14. The number of amides is 2. The smallest absolute Gasteiger partial charge is 0.235 e. The first-order valence-corrected chi connectivity index (χ1v) is 24.3. The van der Waals surface area contributed by atoms with Crippen LogP contribution in [0, 0.1) is 13.8 Å². The highest BCUT2D eigenvalue weighted by Gasteiger charge is 2.52. The van der Waals surface area contributed by atoms with Crippen LogP contribution in [0.2, 0.25) is 0 Å². The van der Waals surface area contributed by atoms with Gasteiger partial charge >= 0.3 is 0 Å². The molecule has 0 atom stereocenters. The van der Waals surface area contributed by atoms with E-state index in [9.17, 15) is 18.0 Å². The number of rotatable bonds is 13. The lowest BCUT2D eigenvalue weighted by atomic mass is 9.94. The molecular weight excluding hydrogens is 851 g/mol. The molecule has 10 rings (SSSR count). The van der Waals surface area contributed by atoms with Crippen molar-refractivity contribution in [2.75, 3.05) is 37.5 Å². The topological polar surface area (TPSA) is 132 Å². The number of fused-ring (bicyclic) bond motifs is 2. The number of hydrogen-bond acceptors (Lipinski definition) is 8. The summed E-state index contributed by atoms with van der Waals surface area (Å²) in [6.45, 7) is 7.09. The lowest BCUT2D eigenvalue weighted by molar-refractivity contribution is -0.119. The van der Waals surface area contributed by atoms with Crippen LogP contribution in [0.3, 0.4) is 0 Å². The first kappa shape index (κ1) is 44.6. The zero-order valence-electron chi connectivity index (χ0n) is 38.0. The van der Waals surface area contributed by atoms with E-state index in [1.54, 1.807) is 7.05 Å². The van der Waals surface area contributed by atoms with E-state index in [0.29, 0.717) is 18.0 Å². The van der Waals surface area contributed by atoms with Gasteiger partial charge in [0.2, 0.25) is 35.4 Å². The van der Waals surface area contributed by atoms with E-state index in [-0.39, 0.29) is 25.4 Å². The summed E-state index contributed by atoms with van der Waals surface area (Å²) in [5, 5.41) is 6.29. The Balaban J connectivity index is 0.000000167. The first-order chi connectivity index (χ1) is 31.7. The summed E-state index contributed by atoms with van der Waals surface area (Å²) in [6, 6.07) is 40.2. The minimum atomic E-state index is -3.24. The van der Waals surface area contributed by atoms with E-state index in [1.165, 1.54) is 27.3 Å². The number of ether oxygens (including phenoxy) is 4. The number of aryl methyl sites for hydroxylation is 3. The Bertz CT molecular complexity index is 2920. The second-order valence-electron chi connectivity index (χ2n) is 17.9. The van der Waals surface area contributed by atoms with Crippen LogP contribution in [0.1, 0.15) is 72.4 Å². The Morgan fingerprint density at radius 1 is 0.576 bits per heavy atom. The normalized spacial score (nSPS) is 15.7. The number of nitrogens with one attached hydrogen (secondary N) is 2. The Morgan fingerprint density at radius 2 is 1.00 bits per heavy atom. The van der Waals surface area contributed by atoms with Crippen LogP contribution >= 0.6 is 0 Å². The van der Waals surface area contributed by atoms with Gasteiger partial charge in [-0.3, -0.25) is 9.59 Å². The number of carbonyl (C=O) groups excluding carboxylic acids is 2. The third kappa shape index (κ3) is 9.25. The van der Waals surface area contributed by atoms with Crippen LogP contribution in [0.5, 0.6) is 23.0 Å². The fraction of sp³-hybridized carbons (Fsp3) is 0.296. The van der Waals surface area contributed by atoms with Crippen LogP contribution in [0.25, 0.3) is 22.3 Å². The van der Waals surface area contributed by atoms with Gasteiger partial charge in [0.1, 0.15) is 0 Å². The van der Waals surface area contributed by atoms with Gasteiger partial charge in [-0.2, -0.15) is 0 Å². The molecule has 2 heterocycles. The van der Waals surface area contributed by atoms with Gasteiger partial charge < -0.3 is 29.6 Å². The minimum absolute atomic E-state index is 0.0228. The minimum Gasteiger partial charge on any atom is -0.454 e. The van der Waals surface area contributed by atoms with Gasteiger partial charge in [0, 0.05) is 25.0 Å². The molecule has 2 aliphatic heterocycles.